The molecule has 0 fully saturated rings. The van der Waals surface area contributed by atoms with Crippen LogP contribution in [0.2, 0.25) is 0 Å². The SMILES string of the molecule is CO/C(C)=C\C(=O)Nc1cccc(OC(=O)N(C)OC)c1. The van der Waals surface area contributed by atoms with Crippen molar-refractivity contribution in [3.05, 3.63) is 36.1 Å². The first kappa shape index (κ1) is 16.5. The maximum Gasteiger partial charge on any atom is 0.439 e. The van der Waals surface area contributed by atoms with Crippen LogP contribution < -0.4 is 10.1 Å². The molecule has 0 saturated heterocycles. The summed E-state index contributed by atoms with van der Waals surface area (Å²) >= 11 is 0. The van der Waals surface area contributed by atoms with Gasteiger partial charge in [-0.2, -0.15) is 5.06 Å². The van der Waals surface area contributed by atoms with Gasteiger partial charge in [0.1, 0.15) is 5.75 Å². The summed E-state index contributed by atoms with van der Waals surface area (Å²) < 4.78 is 9.95. The molecule has 114 valence electrons. The summed E-state index contributed by atoms with van der Waals surface area (Å²) in [5.41, 5.74) is 0.491. The first-order valence-corrected chi connectivity index (χ1v) is 6.09. The van der Waals surface area contributed by atoms with E-state index in [1.165, 1.54) is 33.4 Å². The molecule has 0 radical (unpaired) electrons. The fourth-order valence-corrected chi connectivity index (χ4v) is 1.30. The van der Waals surface area contributed by atoms with Crippen LogP contribution in [0, 0.1) is 0 Å². The number of methoxy groups -OCH3 is 1. The highest BCUT2D eigenvalue weighted by molar-refractivity contribution is 5.99. The summed E-state index contributed by atoms with van der Waals surface area (Å²) in [6.45, 7) is 1.67. The summed E-state index contributed by atoms with van der Waals surface area (Å²) in [4.78, 5) is 27.9. The van der Waals surface area contributed by atoms with Gasteiger partial charge < -0.3 is 14.8 Å². The summed E-state index contributed by atoms with van der Waals surface area (Å²) in [5.74, 6) is 0.429. The van der Waals surface area contributed by atoms with Crippen LogP contribution >= 0.6 is 0 Å². The minimum absolute atomic E-state index is 0.286. The minimum Gasteiger partial charge on any atom is -0.501 e. The second-order valence-corrected chi connectivity index (χ2v) is 4.02. The lowest BCUT2D eigenvalue weighted by atomic mass is 10.3. The molecule has 0 aliphatic carbocycles. The molecule has 7 nitrogen and oxygen atoms in total. The molecule has 0 bridgehead atoms. The Balaban J connectivity index is 2.73. The number of anilines is 1. The fraction of sp³-hybridized carbons (Fsp3) is 0.286. The van der Waals surface area contributed by atoms with Crippen LogP contribution in [0.15, 0.2) is 36.1 Å². The number of benzene rings is 1. The van der Waals surface area contributed by atoms with Gasteiger partial charge in [-0.25, -0.2) is 4.79 Å². The summed E-state index contributed by atoms with van der Waals surface area (Å²) in [5, 5.41) is 3.57. The highest BCUT2D eigenvalue weighted by atomic mass is 16.7. The molecule has 0 spiro atoms. The van der Waals surface area contributed by atoms with E-state index in [2.05, 4.69) is 5.32 Å². The zero-order chi connectivity index (χ0) is 15.8. The lowest BCUT2D eigenvalue weighted by Crippen LogP contribution is -2.28. The second-order valence-electron chi connectivity index (χ2n) is 4.02. The van der Waals surface area contributed by atoms with Crippen molar-refractivity contribution < 1.29 is 23.9 Å². The molecule has 1 rings (SSSR count). The Morgan fingerprint density at radius 1 is 1.29 bits per heavy atom. The van der Waals surface area contributed by atoms with E-state index in [9.17, 15) is 9.59 Å². The summed E-state index contributed by atoms with van der Waals surface area (Å²) in [6, 6.07) is 6.44. The molecule has 1 aromatic carbocycles. The van der Waals surface area contributed by atoms with Gasteiger partial charge in [0.05, 0.1) is 20.0 Å². The van der Waals surface area contributed by atoms with Crippen molar-refractivity contribution in [2.75, 3.05) is 26.6 Å². The van der Waals surface area contributed by atoms with E-state index in [-0.39, 0.29) is 11.7 Å². The van der Waals surface area contributed by atoms with Crippen molar-refractivity contribution >= 4 is 17.7 Å². The predicted octanol–water partition coefficient (Wildman–Crippen LogP) is 2.17. The Morgan fingerprint density at radius 3 is 2.62 bits per heavy atom. The summed E-state index contributed by atoms with van der Waals surface area (Å²) in [6.07, 6.45) is 0.647. The highest BCUT2D eigenvalue weighted by Crippen LogP contribution is 2.18. The van der Waals surface area contributed by atoms with Crippen molar-refractivity contribution in [2.45, 2.75) is 6.92 Å². The number of hydroxylamine groups is 2. The van der Waals surface area contributed by atoms with Crippen LogP contribution in [0.4, 0.5) is 10.5 Å². The van der Waals surface area contributed by atoms with Crippen molar-refractivity contribution in [3.63, 3.8) is 0 Å². The Hall–Kier alpha value is -2.54. The molecule has 21 heavy (non-hydrogen) atoms. The predicted molar refractivity (Wildman–Crippen MR) is 76.6 cm³/mol. The number of ether oxygens (including phenoxy) is 2. The molecule has 7 heteroatoms. The Morgan fingerprint density at radius 2 is 2.00 bits per heavy atom. The van der Waals surface area contributed by atoms with Crippen molar-refractivity contribution in [2.24, 2.45) is 0 Å². The average Bonchev–Trinajstić information content (AvgIpc) is 2.46. The third kappa shape index (κ3) is 5.53. The first-order chi connectivity index (χ1) is 9.96. The van der Waals surface area contributed by atoms with E-state index >= 15 is 0 Å². The zero-order valence-corrected chi connectivity index (χ0v) is 12.4. The quantitative estimate of drug-likeness (QED) is 0.511. The van der Waals surface area contributed by atoms with E-state index in [4.69, 9.17) is 14.3 Å². The molecule has 2 amide bonds. The van der Waals surface area contributed by atoms with E-state index in [0.29, 0.717) is 11.4 Å². The molecule has 0 aromatic heterocycles. The number of nitrogens with zero attached hydrogens (tertiary/aromatic N) is 1. The second kappa shape index (κ2) is 7.91. The number of amides is 2. The van der Waals surface area contributed by atoms with Crippen molar-refractivity contribution in [1.82, 2.24) is 5.06 Å². The molecule has 0 unspecified atom stereocenters. The van der Waals surface area contributed by atoms with Gasteiger partial charge in [0.2, 0.25) is 0 Å². The van der Waals surface area contributed by atoms with Gasteiger partial charge in [-0.05, 0) is 19.1 Å². The third-order valence-corrected chi connectivity index (χ3v) is 2.49. The summed E-state index contributed by atoms with van der Waals surface area (Å²) in [7, 11) is 4.25. The maximum atomic E-state index is 11.7. The van der Waals surface area contributed by atoms with E-state index in [0.717, 1.165) is 5.06 Å². The van der Waals surface area contributed by atoms with Gasteiger partial charge in [-0.1, -0.05) is 6.07 Å². The maximum absolute atomic E-state index is 11.7. The van der Waals surface area contributed by atoms with Gasteiger partial charge in [-0.15, -0.1) is 0 Å². The largest absolute Gasteiger partial charge is 0.501 e. The lowest BCUT2D eigenvalue weighted by Gasteiger charge is -2.13. The number of hydrogen-bond acceptors (Lipinski definition) is 5. The Kier molecular flexibility index (Phi) is 6.22. The monoisotopic (exact) mass is 294 g/mol. The number of carbonyl (C=O) groups excluding carboxylic acids is 2. The number of nitrogens with one attached hydrogen (secondary N) is 1. The van der Waals surface area contributed by atoms with Gasteiger partial charge in [0.25, 0.3) is 5.91 Å². The average molecular weight is 294 g/mol. The minimum atomic E-state index is -0.670. The molecule has 0 heterocycles. The van der Waals surface area contributed by atoms with Gasteiger partial charge in [-0.3, -0.25) is 9.63 Å². The third-order valence-electron chi connectivity index (χ3n) is 2.49. The van der Waals surface area contributed by atoms with Gasteiger partial charge >= 0.3 is 6.09 Å². The fourth-order valence-electron chi connectivity index (χ4n) is 1.30. The molecule has 0 aliphatic rings. The molecular formula is C14H18N2O5. The van der Waals surface area contributed by atoms with Crippen molar-refractivity contribution in [3.8, 4) is 5.75 Å². The van der Waals surface area contributed by atoms with Crippen molar-refractivity contribution in [1.29, 1.82) is 0 Å². The standard InChI is InChI=1S/C14H18N2O5/c1-10(19-3)8-13(17)15-11-6-5-7-12(9-11)21-14(18)16(2)20-4/h5-9H,1-4H3,(H,15,17)/b10-8-. The van der Waals surface area contributed by atoms with Gasteiger partial charge in [0, 0.05) is 24.9 Å². The normalized spacial score (nSPS) is 10.8. The number of rotatable bonds is 5. The highest BCUT2D eigenvalue weighted by Gasteiger charge is 2.11. The van der Waals surface area contributed by atoms with Crippen LogP contribution in [0.25, 0.3) is 0 Å². The Labute approximate surface area is 123 Å². The van der Waals surface area contributed by atoms with Crippen LogP contribution in [0.1, 0.15) is 6.92 Å². The number of hydrogen-bond donors (Lipinski definition) is 1. The smallest absolute Gasteiger partial charge is 0.439 e. The van der Waals surface area contributed by atoms with Crippen LogP contribution in [-0.4, -0.2) is 38.3 Å². The Bertz CT molecular complexity index is 542. The van der Waals surface area contributed by atoms with Gasteiger partial charge in [0.15, 0.2) is 0 Å². The molecule has 0 aliphatic heterocycles. The molecule has 0 saturated carbocycles. The van der Waals surface area contributed by atoms with Crippen LogP contribution in [0.3, 0.4) is 0 Å². The van der Waals surface area contributed by atoms with Crippen LogP contribution in [-0.2, 0) is 14.4 Å². The zero-order valence-electron chi connectivity index (χ0n) is 12.4. The van der Waals surface area contributed by atoms with Crippen LogP contribution in [0.5, 0.6) is 5.75 Å². The lowest BCUT2D eigenvalue weighted by molar-refractivity contribution is -0.112. The van der Waals surface area contributed by atoms with E-state index in [1.807, 2.05) is 0 Å². The molecular weight excluding hydrogens is 276 g/mol. The first-order valence-electron chi connectivity index (χ1n) is 6.09. The number of allylic oxidation sites excluding steroid dienone is 1. The van der Waals surface area contributed by atoms with E-state index in [1.54, 1.807) is 25.1 Å². The molecule has 1 N–H and O–H groups in total. The molecule has 1 aromatic rings. The van der Waals surface area contributed by atoms with E-state index < -0.39 is 6.09 Å². The molecule has 0 atom stereocenters. The number of carbonyl (C=O) groups is 2. The topological polar surface area (TPSA) is 77.1 Å².